The van der Waals surface area contributed by atoms with Crippen LogP contribution < -0.4 is 5.32 Å². The van der Waals surface area contributed by atoms with Gasteiger partial charge in [-0.2, -0.15) is 0 Å². The molecular formula is C19H31NO2. The predicted octanol–water partition coefficient (Wildman–Crippen LogP) is 3.48. The highest BCUT2D eigenvalue weighted by Gasteiger charge is 2.24. The molecule has 0 fully saturated rings. The second-order valence-corrected chi connectivity index (χ2v) is 7.73. The fourth-order valence-corrected chi connectivity index (χ4v) is 2.60. The summed E-state index contributed by atoms with van der Waals surface area (Å²) in [6.07, 6.45) is 1.06. The third-order valence-electron chi connectivity index (χ3n) is 3.56. The van der Waals surface area contributed by atoms with E-state index < -0.39 is 0 Å². The van der Waals surface area contributed by atoms with Crippen LogP contribution in [0.25, 0.3) is 0 Å². The van der Waals surface area contributed by atoms with E-state index in [4.69, 9.17) is 4.74 Å². The highest BCUT2D eigenvalue weighted by atomic mass is 16.5. The van der Waals surface area contributed by atoms with Gasteiger partial charge in [0.2, 0.25) is 0 Å². The van der Waals surface area contributed by atoms with Crippen molar-refractivity contribution in [2.75, 3.05) is 26.8 Å². The predicted molar refractivity (Wildman–Crippen MR) is 92.1 cm³/mol. The van der Waals surface area contributed by atoms with Crippen LogP contribution >= 0.6 is 0 Å². The molecule has 0 atom stereocenters. The first-order valence-electron chi connectivity index (χ1n) is 8.02. The number of hydrogen-bond acceptors (Lipinski definition) is 3. The first-order valence-corrected chi connectivity index (χ1v) is 8.02. The van der Waals surface area contributed by atoms with E-state index in [9.17, 15) is 4.79 Å². The Kier molecular flexibility index (Phi) is 7.24. The summed E-state index contributed by atoms with van der Waals surface area (Å²) >= 11 is 0. The molecule has 0 aliphatic carbocycles. The minimum Gasteiger partial charge on any atom is -0.380 e. The van der Waals surface area contributed by atoms with Crippen LogP contribution in [0.15, 0.2) is 30.3 Å². The van der Waals surface area contributed by atoms with Crippen LogP contribution in [0, 0.1) is 10.8 Å². The first kappa shape index (κ1) is 18.9. The van der Waals surface area contributed by atoms with Crippen LogP contribution in [0.5, 0.6) is 0 Å². The lowest BCUT2D eigenvalue weighted by molar-refractivity contribution is -0.121. The van der Waals surface area contributed by atoms with Crippen LogP contribution in [0.4, 0.5) is 0 Å². The molecule has 1 rings (SSSR count). The maximum Gasteiger partial charge on any atom is 0.137 e. The number of carbonyl (C=O) groups excluding carboxylic acids is 1. The zero-order valence-electron chi connectivity index (χ0n) is 14.7. The summed E-state index contributed by atoms with van der Waals surface area (Å²) in [6.45, 7) is 10.8. The molecule has 124 valence electrons. The molecule has 3 nitrogen and oxygen atoms in total. The second kappa shape index (κ2) is 8.44. The molecule has 0 spiro atoms. The molecule has 22 heavy (non-hydrogen) atoms. The third-order valence-corrected chi connectivity index (χ3v) is 3.56. The van der Waals surface area contributed by atoms with Crippen molar-refractivity contribution < 1.29 is 9.53 Å². The topological polar surface area (TPSA) is 38.3 Å². The van der Waals surface area contributed by atoms with E-state index in [0.717, 1.165) is 12.1 Å². The van der Waals surface area contributed by atoms with Gasteiger partial charge < -0.3 is 10.1 Å². The molecule has 1 N–H and O–H groups in total. The van der Waals surface area contributed by atoms with E-state index in [1.165, 1.54) is 0 Å². The van der Waals surface area contributed by atoms with Gasteiger partial charge in [0.1, 0.15) is 5.78 Å². The molecule has 1 aromatic carbocycles. The Balaban J connectivity index is 2.38. The smallest absolute Gasteiger partial charge is 0.137 e. The number of Topliss-reactive ketones (excluding diaryl/α,β-unsaturated/α-hetero) is 1. The van der Waals surface area contributed by atoms with Gasteiger partial charge in [-0.1, -0.05) is 58.0 Å². The largest absolute Gasteiger partial charge is 0.380 e. The lowest BCUT2D eigenvalue weighted by atomic mass is 9.86. The molecule has 0 radical (unpaired) electrons. The van der Waals surface area contributed by atoms with Crippen LogP contribution in [0.1, 0.15) is 39.7 Å². The Morgan fingerprint density at radius 3 is 2.23 bits per heavy atom. The van der Waals surface area contributed by atoms with Crippen molar-refractivity contribution in [3.8, 4) is 0 Å². The molecule has 0 saturated heterocycles. The number of ether oxygens (including phenoxy) is 1. The number of hydrogen-bond donors (Lipinski definition) is 1. The summed E-state index contributed by atoms with van der Waals surface area (Å²) in [5, 5.41) is 3.18. The number of nitrogens with one attached hydrogen (secondary N) is 1. The van der Waals surface area contributed by atoms with Gasteiger partial charge in [0.05, 0.1) is 13.2 Å². The van der Waals surface area contributed by atoms with Gasteiger partial charge in [-0.05, 0) is 18.0 Å². The Bertz CT molecular complexity index is 452. The lowest BCUT2D eigenvalue weighted by Crippen LogP contribution is -2.33. The number of carbonyl (C=O) groups is 1. The minimum atomic E-state index is -0.123. The number of rotatable bonds is 10. The average molecular weight is 305 g/mol. The summed E-state index contributed by atoms with van der Waals surface area (Å²) in [5.74, 6) is 0.272. The van der Waals surface area contributed by atoms with Crippen molar-refractivity contribution in [3.05, 3.63) is 35.9 Å². The van der Waals surface area contributed by atoms with Crippen molar-refractivity contribution in [2.45, 2.75) is 40.5 Å². The molecule has 0 saturated carbocycles. The molecule has 0 amide bonds. The zero-order chi connectivity index (χ0) is 16.6. The molecule has 3 heteroatoms. The Morgan fingerprint density at radius 1 is 1.05 bits per heavy atom. The van der Waals surface area contributed by atoms with Crippen molar-refractivity contribution in [3.63, 3.8) is 0 Å². The number of benzene rings is 1. The average Bonchev–Trinajstić information content (AvgIpc) is 2.38. The second-order valence-electron chi connectivity index (χ2n) is 7.73. The van der Waals surface area contributed by atoms with Gasteiger partial charge in [-0.15, -0.1) is 0 Å². The highest BCUT2D eigenvalue weighted by molar-refractivity contribution is 5.81. The van der Waals surface area contributed by atoms with Crippen LogP contribution in [0.3, 0.4) is 0 Å². The Labute approximate surface area is 135 Å². The maximum atomic E-state index is 12.2. The van der Waals surface area contributed by atoms with Gasteiger partial charge in [0.25, 0.3) is 0 Å². The normalized spacial score (nSPS) is 12.4. The van der Waals surface area contributed by atoms with Crippen LogP contribution in [0.2, 0.25) is 0 Å². The van der Waals surface area contributed by atoms with Crippen LogP contribution in [-0.2, 0) is 16.0 Å². The van der Waals surface area contributed by atoms with Gasteiger partial charge in [-0.25, -0.2) is 0 Å². The van der Waals surface area contributed by atoms with E-state index >= 15 is 0 Å². The van der Waals surface area contributed by atoms with E-state index in [1.807, 2.05) is 37.4 Å². The molecule has 0 aliphatic rings. The highest BCUT2D eigenvalue weighted by Crippen LogP contribution is 2.24. The maximum absolute atomic E-state index is 12.2. The fourth-order valence-electron chi connectivity index (χ4n) is 2.60. The van der Waals surface area contributed by atoms with Gasteiger partial charge in [0.15, 0.2) is 0 Å². The summed E-state index contributed by atoms with van der Waals surface area (Å²) in [5.41, 5.74) is 1.07. The number of ketones is 1. The van der Waals surface area contributed by atoms with Gasteiger partial charge in [-0.3, -0.25) is 4.79 Å². The Hall–Kier alpha value is -1.19. The quantitative estimate of drug-likeness (QED) is 0.719. The van der Waals surface area contributed by atoms with Crippen molar-refractivity contribution in [2.24, 2.45) is 10.8 Å². The fraction of sp³-hybridized carbons (Fsp3) is 0.632. The summed E-state index contributed by atoms with van der Waals surface area (Å²) in [4.78, 5) is 12.2. The summed E-state index contributed by atoms with van der Waals surface area (Å²) in [6, 6.07) is 9.92. The molecule has 0 unspecified atom stereocenters. The zero-order valence-corrected chi connectivity index (χ0v) is 14.7. The van der Waals surface area contributed by atoms with Gasteiger partial charge >= 0.3 is 0 Å². The lowest BCUT2D eigenvalue weighted by Gasteiger charge is -2.28. The monoisotopic (exact) mass is 305 g/mol. The van der Waals surface area contributed by atoms with Crippen molar-refractivity contribution in [1.29, 1.82) is 0 Å². The molecular weight excluding hydrogens is 274 g/mol. The van der Waals surface area contributed by atoms with E-state index in [0.29, 0.717) is 26.1 Å². The van der Waals surface area contributed by atoms with Crippen molar-refractivity contribution in [1.82, 2.24) is 5.32 Å². The van der Waals surface area contributed by atoms with Crippen LogP contribution in [-0.4, -0.2) is 32.6 Å². The van der Waals surface area contributed by atoms with E-state index in [1.54, 1.807) is 0 Å². The first-order chi connectivity index (χ1) is 10.2. The SMILES string of the molecule is CNCC(C)(C)COCC(C)(C)CC(=O)Cc1ccccc1. The standard InChI is InChI=1S/C19H31NO2/c1-18(2,14-22-15-19(3,4)13-20-5)12-17(21)11-16-9-7-6-8-10-16/h6-10,20H,11-15H2,1-5H3. The van der Waals surface area contributed by atoms with Crippen molar-refractivity contribution >= 4 is 5.78 Å². The molecule has 0 aromatic heterocycles. The molecule has 0 aliphatic heterocycles. The molecule has 0 bridgehead atoms. The minimum absolute atomic E-state index is 0.110. The van der Waals surface area contributed by atoms with E-state index in [-0.39, 0.29) is 16.6 Å². The van der Waals surface area contributed by atoms with Gasteiger partial charge in [0, 0.05) is 24.8 Å². The Morgan fingerprint density at radius 2 is 1.64 bits per heavy atom. The molecule has 1 aromatic rings. The van der Waals surface area contributed by atoms with E-state index in [2.05, 4.69) is 33.0 Å². The third kappa shape index (κ3) is 7.71. The molecule has 0 heterocycles. The summed E-state index contributed by atoms with van der Waals surface area (Å²) < 4.78 is 5.87. The summed E-state index contributed by atoms with van der Waals surface area (Å²) in [7, 11) is 1.95.